The molecule has 1 aliphatic carbocycles. The minimum Gasteiger partial charge on any atom is -0.355 e. The van der Waals surface area contributed by atoms with Gasteiger partial charge in [0.1, 0.15) is 5.00 Å². The van der Waals surface area contributed by atoms with Crippen molar-refractivity contribution < 1.29 is 9.59 Å². The van der Waals surface area contributed by atoms with E-state index in [1.807, 2.05) is 6.92 Å². The zero-order chi connectivity index (χ0) is 18.0. The number of aryl methyl sites for hydroxylation is 3. The van der Waals surface area contributed by atoms with Gasteiger partial charge in [0, 0.05) is 24.7 Å². The van der Waals surface area contributed by atoms with Gasteiger partial charge in [-0.05, 0) is 44.6 Å². The molecule has 0 atom stereocenters. The van der Waals surface area contributed by atoms with Crippen LogP contribution >= 0.6 is 11.3 Å². The Morgan fingerprint density at radius 1 is 1.28 bits per heavy atom. The van der Waals surface area contributed by atoms with Crippen molar-refractivity contribution in [2.75, 3.05) is 12.4 Å². The molecule has 2 N–H and O–H groups in total. The first-order valence-electron chi connectivity index (χ1n) is 8.77. The largest absolute Gasteiger partial charge is 0.355 e. The number of carbonyl (C=O) groups excluding carboxylic acids is 2. The summed E-state index contributed by atoms with van der Waals surface area (Å²) in [5.74, 6) is -0.336. The molecule has 0 saturated carbocycles. The van der Waals surface area contributed by atoms with E-state index >= 15 is 0 Å². The van der Waals surface area contributed by atoms with Crippen LogP contribution < -0.4 is 10.6 Å². The summed E-state index contributed by atoms with van der Waals surface area (Å²) in [6.45, 7) is 4.69. The Labute approximate surface area is 151 Å². The van der Waals surface area contributed by atoms with E-state index in [0.717, 1.165) is 44.2 Å². The topological polar surface area (TPSA) is 76.0 Å². The van der Waals surface area contributed by atoms with E-state index in [1.165, 1.54) is 16.2 Å². The highest BCUT2D eigenvalue weighted by atomic mass is 32.1. The number of aromatic nitrogens is 2. The highest BCUT2D eigenvalue weighted by molar-refractivity contribution is 7.17. The van der Waals surface area contributed by atoms with Crippen LogP contribution in [0.1, 0.15) is 63.0 Å². The van der Waals surface area contributed by atoms with Crippen LogP contribution in [0.3, 0.4) is 0 Å². The Balaban J connectivity index is 1.91. The molecule has 2 aromatic heterocycles. The third-order valence-corrected chi connectivity index (χ3v) is 5.70. The summed E-state index contributed by atoms with van der Waals surface area (Å²) in [6, 6.07) is 0. The fraction of sp³-hybridized carbons (Fsp3) is 0.500. The molecule has 2 amide bonds. The lowest BCUT2D eigenvalue weighted by atomic mass is 9.95. The highest BCUT2D eigenvalue weighted by Gasteiger charge is 2.26. The van der Waals surface area contributed by atoms with Gasteiger partial charge in [-0.2, -0.15) is 5.10 Å². The zero-order valence-electron chi connectivity index (χ0n) is 14.9. The molecule has 0 saturated heterocycles. The van der Waals surface area contributed by atoms with Gasteiger partial charge in [-0.25, -0.2) is 0 Å². The van der Waals surface area contributed by atoms with Crippen LogP contribution in [0, 0.1) is 6.92 Å². The van der Waals surface area contributed by atoms with Crippen LogP contribution in [0.4, 0.5) is 5.00 Å². The maximum absolute atomic E-state index is 12.7. The quantitative estimate of drug-likeness (QED) is 0.860. The van der Waals surface area contributed by atoms with Crippen LogP contribution in [0.25, 0.3) is 0 Å². The van der Waals surface area contributed by atoms with Crippen molar-refractivity contribution in [3.05, 3.63) is 33.5 Å². The molecule has 0 aliphatic heterocycles. The lowest BCUT2D eigenvalue weighted by Crippen LogP contribution is -2.22. The number of amides is 2. The monoisotopic (exact) mass is 360 g/mol. The Bertz CT molecular complexity index is 806. The maximum atomic E-state index is 12.7. The molecule has 0 aromatic carbocycles. The number of anilines is 1. The van der Waals surface area contributed by atoms with Crippen LogP contribution in [0.15, 0.2) is 6.20 Å². The Kier molecular flexibility index (Phi) is 5.22. The summed E-state index contributed by atoms with van der Waals surface area (Å²) in [7, 11) is 1.62. The summed E-state index contributed by atoms with van der Waals surface area (Å²) in [5, 5.41) is 10.7. The van der Waals surface area contributed by atoms with Crippen molar-refractivity contribution in [1.82, 2.24) is 15.1 Å². The first-order chi connectivity index (χ1) is 12.0. The summed E-state index contributed by atoms with van der Waals surface area (Å²) in [4.78, 5) is 26.3. The van der Waals surface area contributed by atoms with Crippen LogP contribution in [-0.2, 0) is 19.4 Å². The predicted octanol–water partition coefficient (Wildman–Crippen LogP) is 3.15. The number of rotatable bonds is 5. The summed E-state index contributed by atoms with van der Waals surface area (Å²) in [5.41, 5.74) is 3.00. The molecule has 0 spiro atoms. The maximum Gasteiger partial charge on any atom is 0.259 e. The van der Waals surface area contributed by atoms with Gasteiger partial charge in [0.25, 0.3) is 11.8 Å². The van der Waals surface area contributed by atoms with Crippen molar-refractivity contribution in [3.8, 4) is 0 Å². The zero-order valence-corrected chi connectivity index (χ0v) is 15.8. The van der Waals surface area contributed by atoms with Crippen LogP contribution in [-0.4, -0.2) is 28.6 Å². The summed E-state index contributed by atoms with van der Waals surface area (Å²) >= 11 is 1.53. The molecule has 6 nitrogen and oxygen atoms in total. The van der Waals surface area contributed by atoms with Gasteiger partial charge in [-0.15, -0.1) is 11.3 Å². The van der Waals surface area contributed by atoms with E-state index in [9.17, 15) is 9.59 Å². The van der Waals surface area contributed by atoms with E-state index in [4.69, 9.17) is 0 Å². The van der Waals surface area contributed by atoms with Crippen molar-refractivity contribution in [3.63, 3.8) is 0 Å². The Hall–Kier alpha value is -2.15. The van der Waals surface area contributed by atoms with Gasteiger partial charge in [-0.1, -0.05) is 6.92 Å². The van der Waals surface area contributed by atoms with Gasteiger partial charge in [0.05, 0.1) is 16.8 Å². The fourth-order valence-electron chi connectivity index (χ4n) is 3.27. The SMILES string of the molecule is CCCn1cc(C(=O)Nc2sc3c(c2C(=O)NC)CCCC3)c(C)n1. The van der Waals surface area contributed by atoms with E-state index in [1.54, 1.807) is 17.9 Å². The van der Waals surface area contributed by atoms with Gasteiger partial charge in [0.15, 0.2) is 0 Å². The molecule has 1 aliphatic rings. The number of fused-ring (bicyclic) bond motifs is 1. The molecule has 3 rings (SSSR count). The molecular formula is C18H24N4O2S. The van der Waals surface area contributed by atoms with Gasteiger partial charge in [-0.3, -0.25) is 14.3 Å². The molecule has 0 radical (unpaired) electrons. The van der Waals surface area contributed by atoms with Crippen molar-refractivity contribution >= 4 is 28.2 Å². The van der Waals surface area contributed by atoms with Gasteiger partial charge in [0.2, 0.25) is 0 Å². The van der Waals surface area contributed by atoms with Crippen molar-refractivity contribution in [2.45, 2.75) is 52.5 Å². The normalized spacial score (nSPS) is 13.4. The number of hydrogen-bond acceptors (Lipinski definition) is 4. The smallest absolute Gasteiger partial charge is 0.259 e. The summed E-state index contributed by atoms with van der Waals surface area (Å²) in [6.07, 6.45) is 6.84. The van der Waals surface area contributed by atoms with Crippen molar-refractivity contribution in [2.24, 2.45) is 0 Å². The molecule has 25 heavy (non-hydrogen) atoms. The van der Waals surface area contributed by atoms with Crippen molar-refractivity contribution in [1.29, 1.82) is 0 Å². The summed E-state index contributed by atoms with van der Waals surface area (Å²) < 4.78 is 1.79. The van der Waals surface area contributed by atoms with E-state index < -0.39 is 0 Å². The molecular weight excluding hydrogens is 336 g/mol. The molecule has 0 unspecified atom stereocenters. The highest BCUT2D eigenvalue weighted by Crippen LogP contribution is 2.38. The van der Waals surface area contributed by atoms with Gasteiger partial charge >= 0.3 is 0 Å². The average molecular weight is 360 g/mol. The molecule has 134 valence electrons. The van der Waals surface area contributed by atoms with Crippen LogP contribution in [0.5, 0.6) is 0 Å². The average Bonchev–Trinajstić information content (AvgIpc) is 3.14. The molecule has 7 heteroatoms. The first kappa shape index (κ1) is 17.7. The number of carbonyl (C=O) groups is 2. The van der Waals surface area contributed by atoms with E-state index in [2.05, 4.69) is 22.7 Å². The number of nitrogens with one attached hydrogen (secondary N) is 2. The first-order valence-corrected chi connectivity index (χ1v) is 9.58. The second-order valence-corrected chi connectivity index (χ2v) is 7.44. The van der Waals surface area contributed by atoms with Crippen LogP contribution in [0.2, 0.25) is 0 Å². The third-order valence-electron chi connectivity index (χ3n) is 4.50. The lowest BCUT2D eigenvalue weighted by Gasteiger charge is -2.12. The Morgan fingerprint density at radius 3 is 2.76 bits per heavy atom. The predicted molar refractivity (Wildman–Crippen MR) is 99.6 cm³/mol. The number of nitrogens with zero attached hydrogens (tertiary/aromatic N) is 2. The van der Waals surface area contributed by atoms with Gasteiger partial charge < -0.3 is 10.6 Å². The third kappa shape index (κ3) is 3.46. The fourth-order valence-corrected chi connectivity index (χ4v) is 4.56. The second kappa shape index (κ2) is 7.39. The standard InChI is InChI=1S/C18H24N4O2S/c1-4-9-22-10-13(11(2)21-22)16(23)20-18-15(17(24)19-3)12-7-5-6-8-14(12)25-18/h10H,4-9H2,1-3H3,(H,19,24)(H,20,23). The Morgan fingerprint density at radius 2 is 2.04 bits per heavy atom. The minimum absolute atomic E-state index is 0.131. The lowest BCUT2D eigenvalue weighted by molar-refractivity contribution is 0.0963. The number of thiophene rings is 1. The molecule has 2 heterocycles. The van der Waals surface area contributed by atoms with E-state index in [0.29, 0.717) is 21.8 Å². The number of hydrogen-bond donors (Lipinski definition) is 2. The molecule has 2 aromatic rings. The van der Waals surface area contributed by atoms with E-state index in [-0.39, 0.29) is 11.8 Å². The minimum atomic E-state index is -0.205. The molecule has 0 fully saturated rings. The second-order valence-electron chi connectivity index (χ2n) is 6.34. The molecule has 0 bridgehead atoms.